The first-order valence-electron chi connectivity index (χ1n) is 10.3. The van der Waals surface area contributed by atoms with Crippen molar-refractivity contribution in [1.29, 1.82) is 5.41 Å². The Morgan fingerprint density at radius 3 is 2.59 bits per heavy atom. The number of halogens is 1. The van der Waals surface area contributed by atoms with E-state index in [1.54, 1.807) is 12.1 Å². The summed E-state index contributed by atoms with van der Waals surface area (Å²) >= 11 is 0. The average Bonchev–Trinajstić information content (AvgIpc) is 3.35. The van der Waals surface area contributed by atoms with Gasteiger partial charge in [0.15, 0.2) is 0 Å². The van der Waals surface area contributed by atoms with E-state index in [0.29, 0.717) is 30.1 Å². The zero-order valence-electron chi connectivity index (χ0n) is 17.1. The lowest BCUT2D eigenvalue weighted by Crippen LogP contribution is -2.33. The predicted octanol–water partition coefficient (Wildman–Crippen LogP) is 5.49. The molecule has 29 heavy (non-hydrogen) atoms. The highest BCUT2D eigenvalue weighted by Crippen LogP contribution is 2.35. The van der Waals surface area contributed by atoms with E-state index >= 15 is 0 Å². The zero-order valence-corrected chi connectivity index (χ0v) is 17.1. The lowest BCUT2D eigenvalue weighted by atomic mass is 9.91. The van der Waals surface area contributed by atoms with Gasteiger partial charge in [0, 0.05) is 30.1 Å². The maximum absolute atomic E-state index is 14.7. The van der Waals surface area contributed by atoms with Gasteiger partial charge in [0.1, 0.15) is 5.82 Å². The predicted molar refractivity (Wildman–Crippen MR) is 114 cm³/mol. The van der Waals surface area contributed by atoms with Crippen LogP contribution in [0.2, 0.25) is 0 Å². The van der Waals surface area contributed by atoms with Crippen LogP contribution in [0.5, 0.6) is 0 Å². The number of rotatable bonds is 5. The Kier molecular flexibility index (Phi) is 5.12. The second-order valence-corrected chi connectivity index (χ2v) is 8.28. The van der Waals surface area contributed by atoms with Crippen molar-refractivity contribution >= 4 is 11.6 Å². The van der Waals surface area contributed by atoms with Crippen LogP contribution < -0.4 is 0 Å². The van der Waals surface area contributed by atoms with Crippen LogP contribution in [-0.2, 0) is 13.0 Å². The number of nitrogens with one attached hydrogen (secondary N) is 1. The van der Waals surface area contributed by atoms with Gasteiger partial charge in [0.05, 0.1) is 5.71 Å². The van der Waals surface area contributed by atoms with Crippen molar-refractivity contribution in [2.24, 2.45) is 0 Å². The molecule has 1 saturated carbocycles. The Labute approximate surface area is 171 Å². The van der Waals surface area contributed by atoms with Gasteiger partial charge in [-0.25, -0.2) is 4.39 Å². The summed E-state index contributed by atoms with van der Waals surface area (Å²) in [4.78, 5) is 15.1. The molecule has 0 spiro atoms. The minimum Gasteiger partial charge on any atom is -0.331 e. The third kappa shape index (κ3) is 3.41. The Morgan fingerprint density at radius 2 is 1.93 bits per heavy atom. The molecule has 150 valence electrons. The van der Waals surface area contributed by atoms with Crippen molar-refractivity contribution in [2.75, 3.05) is 0 Å². The monoisotopic (exact) mass is 390 g/mol. The van der Waals surface area contributed by atoms with Gasteiger partial charge in [-0.2, -0.15) is 0 Å². The molecule has 1 fully saturated rings. The number of carbonyl (C=O) groups excluding carboxylic acids is 1. The highest BCUT2D eigenvalue weighted by atomic mass is 19.1. The molecule has 4 rings (SSSR count). The molecule has 1 amide bonds. The van der Waals surface area contributed by atoms with Crippen LogP contribution in [0.15, 0.2) is 36.9 Å². The molecule has 2 aromatic rings. The summed E-state index contributed by atoms with van der Waals surface area (Å²) in [5.41, 5.74) is 6.50. The molecular formula is C25H27FN2O. The molecule has 1 heterocycles. The molecule has 2 aromatic carbocycles. The Balaban J connectivity index is 1.65. The summed E-state index contributed by atoms with van der Waals surface area (Å²) in [6, 6.07) is 7.22. The molecule has 2 aliphatic rings. The van der Waals surface area contributed by atoms with Crippen molar-refractivity contribution in [3.05, 3.63) is 81.7 Å². The molecule has 0 aromatic heterocycles. The summed E-state index contributed by atoms with van der Waals surface area (Å²) in [5, 5.41) is 7.80. The van der Waals surface area contributed by atoms with Gasteiger partial charge in [-0.3, -0.25) is 4.79 Å². The molecule has 1 aliphatic heterocycles. The third-order valence-corrected chi connectivity index (χ3v) is 6.67. The smallest absolute Gasteiger partial charge is 0.254 e. The number of hydrogen-bond acceptors (Lipinski definition) is 2. The van der Waals surface area contributed by atoms with Gasteiger partial charge < -0.3 is 10.3 Å². The molecular weight excluding hydrogens is 363 g/mol. The Morgan fingerprint density at radius 1 is 1.21 bits per heavy atom. The number of carbonyl (C=O) groups is 1. The van der Waals surface area contributed by atoms with E-state index in [0.717, 1.165) is 40.7 Å². The maximum atomic E-state index is 14.7. The number of fused-ring (bicyclic) bond motifs is 1. The van der Waals surface area contributed by atoms with Crippen LogP contribution >= 0.6 is 0 Å². The summed E-state index contributed by atoms with van der Waals surface area (Å²) in [6.45, 7) is 8.42. The molecule has 3 nitrogen and oxygen atoms in total. The molecule has 4 heteroatoms. The van der Waals surface area contributed by atoms with Crippen LogP contribution in [0.3, 0.4) is 0 Å². The lowest BCUT2D eigenvalue weighted by Gasteiger charge is -2.23. The van der Waals surface area contributed by atoms with E-state index in [1.807, 2.05) is 11.0 Å². The minimum absolute atomic E-state index is 0.131. The van der Waals surface area contributed by atoms with E-state index in [9.17, 15) is 9.18 Å². The molecule has 1 N–H and O–H groups in total. The second-order valence-electron chi connectivity index (χ2n) is 8.28. The quantitative estimate of drug-likeness (QED) is 0.675. The molecule has 1 aliphatic carbocycles. The van der Waals surface area contributed by atoms with Crippen molar-refractivity contribution in [3.63, 3.8) is 0 Å². The van der Waals surface area contributed by atoms with Crippen LogP contribution in [0, 0.1) is 25.1 Å². The lowest BCUT2D eigenvalue weighted by molar-refractivity contribution is 0.0707. The first-order valence-corrected chi connectivity index (χ1v) is 10.3. The third-order valence-electron chi connectivity index (χ3n) is 6.67. The van der Waals surface area contributed by atoms with Crippen molar-refractivity contribution < 1.29 is 9.18 Å². The number of nitrogens with zero attached hydrogens (tertiary/aromatic N) is 1. The van der Waals surface area contributed by atoms with Gasteiger partial charge >= 0.3 is 0 Å². The highest BCUT2D eigenvalue weighted by Gasteiger charge is 2.35. The van der Waals surface area contributed by atoms with E-state index < -0.39 is 0 Å². The fourth-order valence-electron chi connectivity index (χ4n) is 4.71. The number of benzene rings is 2. The van der Waals surface area contributed by atoms with Crippen molar-refractivity contribution in [3.8, 4) is 0 Å². The minimum atomic E-state index is -0.328. The molecule has 0 saturated heterocycles. The number of allylic oxidation sites excluding steroid dienone is 1. The van der Waals surface area contributed by atoms with Crippen molar-refractivity contribution in [1.82, 2.24) is 4.90 Å². The van der Waals surface area contributed by atoms with Crippen LogP contribution in [0.4, 0.5) is 4.39 Å². The van der Waals surface area contributed by atoms with Gasteiger partial charge in [0.25, 0.3) is 5.91 Å². The maximum Gasteiger partial charge on any atom is 0.254 e. The second kappa shape index (κ2) is 7.58. The topological polar surface area (TPSA) is 44.2 Å². The zero-order chi connectivity index (χ0) is 20.7. The normalized spacial score (nSPS) is 16.4. The van der Waals surface area contributed by atoms with E-state index in [-0.39, 0.29) is 17.4 Å². The largest absolute Gasteiger partial charge is 0.331 e. The SMILES string of the molecule is C=CC(=N)c1ccc(Cc2cc3c(c(C)c2C)CN(C2CCCC2)C3=O)c(F)c1. The summed E-state index contributed by atoms with van der Waals surface area (Å²) in [6.07, 6.45) is 6.44. The molecule has 0 unspecified atom stereocenters. The number of hydrogen-bond donors (Lipinski definition) is 1. The Hall–Kier alpha value is -2.75. The highest BCUT2D eigenvalue weighted by molar-refractivity contribution is 6.06. The fraction of sp³-hybridized carbons (Fsp3) is 0.360. The number of amides is 1. The van der Waals surface area contributed by atoms with E-state index in [2.05, 4.69) is 20.4 Å². The van der Waals surface area contributed by atoms with Gasteiger partial charge in [-0.1, -0.05) is 31.6 Å². The first kappa shape index (κ1) is 19.6. The van der Waals surface area contributed by atoms with E-state index in [1.165, 1.54) is 25.0 Å². The molecule has 0 bridgehead atoms. The van der Waals surface area contributed by atoms with Gasteiger partial charge in [0.2, 0.25) is 0 Å². The Bertz CT molecular complexity index is 1020. The summed E-state index contributed by atoms with van der Waals surface area (Å²) < 4.78 is 14.7. The van der Waals surface area contributed by atoms with Gasteiger partial charge in [-0.15, -0.1) is 0 Å². The first-order chi connectivity index (χ1) is 13.9. The summed E-state index contributed by atoms with van der Waals surface area (Å²) in [5.74, 6) is -0.197. The van der Waals surface area contributed by atoms with Crippen LogP contribution in [0.1, 0.15) is 69.4 Å². The van der Waals surface area contributed by atoms with E-state index in [4.69, 9.17) is 5.41 Å². The van der Waals surface area contributed by atoms with Crippen LogP contribution in [-0.4, -0.2) is 22.6 Å². The molecule has 0 atom stereocenters. The van der Waals surface area contributed by atoms with Gasteiger partial charge in [-0.05, 0) is 72.7 Å². The van der Waals surface area contributed by atoms with Crippen LogP contribution in [0.25, 0.3) is 0 Å². The average molecular weight is 391 g/mol. The fourth-order valence-corrected chi connectivity index (χ4v) is 4.71. The standard InChI is InChI=1S/C25H27FN2O/c1-4-24(27)18-10-9-17(23(26)13-18)11-19-12-21-22(16(3)15(19)2)14-28(25(21)29)20-7-5-6-8-20/h4,9-10,12-13,20,27H,1,5-8,11,14H2,2-3H3. The molecule has 0 radical (unpaired) electrons. The van der Waals surface area contributed by atoms with Crippen molar-refractivity contribution in [2.45, 2.75) is 58.5 Å². The summed E-state index contributed by atoms with van der Waals surface area (Å²) in [7, 11) is 0.